The monoisotopic (exact) mass is 421 g/mol. The van der Waals surface area contributed by atoms with E-state index < -0.39 is 5.91 Å². The lowest BCUT2D eigenvalue weighted by Gasteiger charge is -2.21. The largest absolute Gasteiger partial charge is 0.471 e. The third kappa shape index (κ3) is 4.94. The van der Waals surface area contributed by atoms with Crippen LogP contribution in [0, 0.1) is 19.8 Å². The summed E-state index contributed by atoms with van der Waals surface area (Å²) in [5.41, 5.74) is 19.1. The molecule has 0 aliphatic carbocycles. The van der Waals surface area contributed by atoms with Crippen LogP contribution in [0.4, 0.5) is 0 Å². The summed E-state index contributed by atoms with van der Waals surface area (Å²) < 4.78 is 7.49. The molecule has 164 valence electrons. The fraction of sp³-hybridized carbons (Fsp3) is 0.375. The van der Waals surface area contributed by atoms with Gasteiger partial charge in [0.25, 0.3) is 5.91 Å². The quantitative estimate of drug-likeness (QED) is 0.579. The first kappa shape index (κ1) is 22.5. The maximum absolute atomic E-state index is 11.7. The minimum atomic E-state index is -0.577. The van der Waals surface area contributed by atoms with Crippen LogP contribution in [0.2, 0.25) is 0 Å². The van der Waals surface area contributed by atoms with Gasteiger partial charge in [-0.2, -0.15) is 0 Å². The van der Waals surface area contributed by atoms with Crippen molar-refractivity contribution in [2.45, 2.75) is 47.3 Å². The molecule has 4 N–H and O–H groups in total. The summed E-state index contributed by atoms with van der Waals surface area (Å²) in [7, 11) is 1.72. The topological polar surface area (TPSA) is 109 Å². The maximum atomic E-state index is 11.7. The first-order valence-corrected chi connectivity index (χ1v) is 10.5. The molecule has 0 fully saturated rings. The molecule has 0 saturated heterocycles. The van der Waals surface area contributed by atoms with Gasteiger partial charge in [0.05, 0.1) is 0 Å². The maximum Gasteiger partial charge on any atom is 0.255 e. The highest BCUT2D eigenvalue weighted by molar-refractivity contribution is 5.94. The van der Waals surface area contributed by atoms with Crippen LogP contribution in [0.5, 0.6) is 5.88 Å². The first-order valence-electron chi connectivity index (χ1n) is 10.5. The van der Waals surface area contributed by atoms with E-state index in [1.807, 2.05) is 6.92 Å². The molecule has 0 aliphatic heterocycles. The fourth-order valence-corrected chi connectivity index (χ4v) is 3.75. The number of nitrogens with two attached hydrogens (primary N) is 2. The summed E-state index contributed by atoms with van der Waals surface area (Å²) in [6.45, 7) is 8.97. The van der Waals surface area contributed by atoms with Gasteiger partial charge in [0.2, 0.25) is 5.88 Å². The standard InChI is InChI=1S/C24H31N5O2/c1-14(2)10-21-18(11-25)22(17-8-6-15(3)7-9-17)20(16(4)27-21)13-31-24-19(23(26)30)12-29(5)28-24/h6-9,12,14H,10-11,13,25H2,1-5H3,(H2,26,30). The second-order valence-electron chi connectivity index (χ2n) is 8.32. The molecule has 0 atom stereocenters. The molecule has 31 heavy (non-hydrogen) atoms. The zero-order valence-corrected chi connectivity index (χ0v) is 18.9. The highest BCUT2D eigenvalue weighted by Gasteiger charge is 2.21. The summed E-state index contributed by atoms with van der Waals surface area (Å²) >= 11 is 0. The molecular weight excluding hydrogens is 390 g/mol. The molecule has 0 aliphatic rings. The number of nitrogens with zero attached hydrogens (tertiary/aromatic N) is 3. The lowest BCUT2D eigenvalue weighted by atomic mass is 9.90. The summed E-state index contributed by atoms with van der Waals surface area (Å²) in [5, 5.41) is 4.24. The molecule has 3 rings (SSSR count). The number of hydrogen-bond acceptors (Lipinski definition) is 5. The van der Waals surface area contributed by atoms with Gasteiger partial charge in [0.1, 0.15) is 12.2 Å². The summed E-state index contributed by atoms with van der Waals surface area (Å²) in [5.74, 6) is 0.0910. The van der Waals surface area contributed by atoms with Crippen molar-refractivity contribution >= 4 is 5.91 Å². The van der Waals surface area contributed by atoms with Gasteiger partial charge in [0.15, 0.2) is 0 Å². The number of rotatable bonds is 8. The lowest BCUT2D eigenvalue weighted by molar-refractivity contribution is 0.0996. The van der Waals surface area contributed by atoms with Gasteiger partial charge >= 0.3 is 0 Å². The Labute approximate surface area is 183 Å². The molecule has 0 bridgehead atoms. The van der Waals surface area contributed by atoms with E-state index in [-0.39, 0.29) is 18.1 Å². The number of carbonyl (C=O) groups is 1. The van der Waals surface area contributed by atoms with E-state index in [1.54, 1.807) is 13.2 Å². The molecule has 2 aromatic heterocycles. The highest BCUT2D eigenvalue weighted by Crippen LogP contribution is 2.33. The first-order chi connectivity index (χ1) is 14.7. The van der Waals surface area contributed by atoms with Crippen LogP contribution in [-0.2, 0) is 26.6 Å². The van der Waals surface area contributed by atoms with Crippen molar-refractivity contribution in [3.63, 3.8) is 0 Å². The van der Waals surface area contributed by atoms with Gasteiger partial charge in [0, 0.05) is 36.7 Å². The Balaban J connectivity index is 2.12. The summed E-state index contributed by atoms with van der Waals surface area (Å²) in [4.78, 5) is 16.6. The van der Waals surface area contributed by atoms with Gasteiger partial charge in [-0.3, -0.25) is 14.5 Å². The number of carbonyl (C=O) groups excluding carboxylic acids is 1. The predicted octanol–water partition coefficient (Wildman–Crippen LogP) is 3.43. The molecule has 1 amide bonds. The third-order valence-corrected chi connectivity index (χ3v) is 5.25. The van der Waals surface area contributed by atoms with Gasteiger partial charge in [-0.1, -0.05) is 43.7 Å². The van der Waals surface area contributed by atoms with Gasteiger partial charge in [-0.05, 0) is 42.9 Å². The van der Waals surface area contributed by atoms with E-state index in [9.17, 15) is 4.79 Å². The third-order valence-electron chi connectivity index (χ3n) is 5.25. The molecule has 1 aromatic carbocycles. The Kier molecular flexibility index (Phi) is 6.75. The highest BCUT2D eigenvalue weighted by atomic mass is 16.5. The Hall–Kier alpha value is -3.19. The molecule has 3 aromatic rings. The van der Waals surface area contributed by atoms with E-state index in [2.05, 4.69) is 50.1 Å². The number of aryl methyl sites for hydroxylation is 3. The predicted molar refractivity (Wildman–Crippen MR) is 122 cm³/mol. The van der Waals surface area contributed by atoms with Crippen LogP contribution in [0.15, 0.2) is 30.5 Å². The molecular formula is C24H31N5O2. The number of aromatic nitrogens is 3. The molecule has 2 heterocycles. The van der Waals surface area contributed by atoms with E-state index in [0.29, 0.717) is 12.5 Å². The van der Waals surface area contributed by atoms with E-state index in [0.717, 1.165) is 40.1 Å². The van der Waals surface area contributed by atoms with Crippen molar-refractivity contribution in [1.82, 2.24) is 14.8 Å². The second kappa shape index (κ2) is 9.31. The van der Waals surface area contributed by atoms with Crippen molar-refractivity contribution in [2.75, 3.05) is 0 Å². The number of pyridine rings is 1. The Morgan fingerprint density at radius 1 is 1.16 bits per heavy atom. The fourth-order valence-electron chi connectivity index (χ4n) is 3.75. The summed E-state index contributed by atoms with van der Waals surface area (Å²) in [6.07, 6.45) is 2.40. The SMILES string of the molecule is Cc1ccc(-c2c(COc3nn(C)cc3C(N)=O)c(C)nc(CC(C)C)c2CN)cc1. The van der Waals surface area contributed by atoms with Crippen LogP contribution in [0.1, 0.15) is 52.3 Å². The molecule has 0 unspecified atom stereocenters. The molecule has 0 radical (unpaired) electrons. The summed E-state index contributed by atoms with van der Waals surface area (Å²) in [6, 6.07) is 8.37. The van der Waals surface area contributed by atoms with Crippen molar-refractivity contribution in [2.24, 2.45) is 24.4 Å². The molecule has 0 saturated carbocycles. The van der Waals surface area contributed by atoms with E-state index in [4.69, 9.17) is 21.2 Å². The zero-order valence-electron chi connectivity index (χ0n) is 18.9. The zero-order chi connectivity index (χ0) is 22.7. The van der Waals surface area contributed by atoms with Crippen LogP contribution in [0.25, 0.3) is 11.1 Å². The number of primary amides is 1. The van der Waals surface area contributed by atoms with Crippen LogP contribution >= 0.6 is 0 Å². The number of ether oxygens (including phenoxy) is 1. The molecule has 7 heteroatoms. The number of hydrogen-bond donors (Lipinski definition) is 2. The lowest BCUT2D eigenvalue weighted by Crippen LogP contribution is -2.15. The Bertz CT molecular complexity index is 1080. The average Bonchev–Trinajstić information content (AvgIpc) is 3.08. The number of benzene rings is 1. The van der Waals surface area contributed by atoms with Gasteiger partial charge < -0.3 is 16.2 Å². The Morgan fingerprint density at radius 3 is 2.42 bits per heavy atom. The normalized spacial score (nSPS) is 11.2. The minimum Gasteiger partial charge on any atom is -0.471 e. The average molecular weight is 422 g/mol. The smallest absolute Gasteiger partial charge is 0.255 e. The second-order valence-corrected chi connectivity index (χ2v) is 8.32. The minimum absolute atomic E-state index is 0.203. The van der Waals surface area contributed by atoms with Gasteiger partial charge in [-0.15, -0.1) is 5.10 Å². The molecule has 0 spiro atoms. The van der Waals surface area contributed by atoms with Crippen LogP contribution < -0.4 is 16.2 Å². The van der Waals surface area contributed by atoms with Crippen LogP contribution in [-0.4, -0.2) is 20.7 Å². The Morgan fingerprint density at radius 2 is 1.84 bits per heavy atom. The van der Waals surface area contributed by atoms with E-state index >= 15 is 0 Å². The van der Waals surface area contributed by atoms with Crippen molar-refractivity contribution in [1.29, 1.82) is 0 Å². The van der Waals surface area contributed by atoms with Gasteiger partial charge in [-0.25, -0.2) is 0 Å². The number of amides is 1. The van der Waals surface area contributed by atoms with Crippen molar-refractivity contribution < 1.29 is 9.53 Å². The van der Waals surface area contributed by atoms with E-state index in [1.165, 1.54) is 10.2 Å². The van der Waals surface area contributed by atoms with Crippen molar-refractivity contribution in [3.8, 4) is 17.0 Å². The van der Waals surface area contributed by atoms with Crippen molar-refractivity contribution in [3.05, 3.63) is 64.1 Å². The van der Waals surface area contributed by atoms with Crippen LogP contribution in [0.3, 0.4) is 0 Å². The molecule has 7 nitrogen and oxygen atoms in total.